The van der Waals surface area contributed by atoms with Crippen molar-refractivity contribution in [3.05, 3.63) is 52.8 Å². The number of anilines is 1. The van der Waals surface area contributed by atoms with Gasteiger partial charge in [0, 0.05) is 0 Å². The van der Waals surface area contributed by atoms with E-state index in [0.717, 1.165) is 5.56 Å². The molecule has 0 amide bonds. The van der Waals surface area contributed by atoms with Gasteiger partial charge in [-0.15, -0.1) is 0 Å². The molecule has 0 spiro atoms. The van der Waals surface area contributed by atoms with Gasteiger partial charge in [0.05, 0.1) is 30.6 Å². The average Bonchev–Trinajstić information content (AvgIpc) is 2.51. The van der Waals surface area contributed by atoms with E-state index in [1.807, 2.05) is 6.92 Å². The molecule has 4 nitrogen and oxygen atoms in total. The van der Waals surface area contributed by atoms with Crippen molar-refractivity contribution in [2.75, 3.05) is 19.1 Å². The molecule has 6 heteroatoms. The maximum atomic E-state index is 12.8. The molecule has 0 aromatic heterocycles. The number of methoxy groups -OCH3 is 1. The lowest BCUT2D eigenvalue weighted by Crippen LogP contribution is -1.98. The highest BCUT2D eigenvalue weighted by Crippen LogP contribution is 2.35. The van der Waals surface area contributed by atoms with E-state index in [2.05, 4.69) is 10.5 Å². The van der Waals surface area contributed by atoms with Crippen LogP contribution in [0, 0.1) is 5.82 Å². The first-order valence-corrected chi connectivity index (χ1v) is 7.06. The minimum atomic E-state index is -0.294. The summed E-state index contributed by atoms with van der Waals surface area (Å²) in [5.74, 6) is 0.755. The third kappa shape index (κ3) is 4.11. The topological polar surface area (TPSA) is 42.8 Å². The van der Waals surface area contributed by atoms with Gasteiger partial charge in [-0.25, -0.2) is 4.39 Å². The summed E-state index contributed by atoms with van der Waals surface area (Å²) in [6.07, 6.45) is 1.59. The molecule has 0 atom stereocenters. The first kappa shape index (κ1) is 16.1. The predicted molar refractivity (Wildman–Crippen MR) is 86.8 cm³/mol. The number of hydrogen-bond donors (Lipinski definition) is 1. The van der Waals surface area contributed by atoms with E-state index in [1.165, 1.54) is 12.1 Å². The molecule has 0 saturated heterocycles. The highest BCUT2D eigenvalue weighted by atomic mass is 35.5. The molecular formula is C16H16ClFN2O2. The summed E-state index contributed by atoms with van der Waals surface area (Å²) in [7, 11) is 1.55. The Hall–Kier alpha value is -2.27. The van der Waals surface area contributed by atoms with Crippen molar-refractivity contribution in [1.29, 1.82) is 0 Å². The fourth-order valence-electron chi connectivity index (χ4n) is 1.80. The molecule has 0 fully saturated rings. The van der Waals surface area contributed by atoms with Crippen LogP contribution in [-0.2, 0) is 0 Å². The minimum absolute atomic E-state index is 0.294. The zero-order valence-corrected chi connectivity index (χ0v) is 13.0. The lowest BCUT2D eigenvalue weighted by atomic mass is 10.2. The van der Waals surface area contributed by atoms with Crippen LogP contribution in [0.2, 0.25) is 5.02 Å². The van der Waals surface area contributed by atoms with Gasteiger partial charge in [-0.1, -0.05) is 11.6 Å². The summed E-state index contributed by atoms with van der Waals surface area (Å²) in [5.41, 5.74) is 4.24. The van der Waals surface area contributed by atoms with Gasteiger partial charge in [-0.3, -0.25) is 5.43 Å². The van der Waals surface area contributed by atoms with Crippen LogP contribution < -0.4 is 14.9 Å². The fourth-order valence-corrected chi connectivity index (χ4v) is 2.08. The Morgan fingerprint density at radius 1 is 1.27 bits per heavy atom. The van der Waals surface area contributed by atoms with E-state index in [-0.39, 0.29) is 5.82 Å². The van der Waals surface area contributed by atoms with Gasteiger partial charge in [0.15, 0.2) is 11.5 Å². The van der Waals surface area contributed by atoms with Crippen molar-refractivity contribution in [1.82, 2.24) is 0 Å². The van der Waals surface area contributed by atoms with Crippen molar-refractivity contribution >= 4 is 23.5 Å². The van der Waals surface area contributed by atoms with Crippen LogP contribution in [0.25, 0.3) is 0 Å². The molecule has 22 heavy (non-hydrogen) atoms. The summed E-state index contributed by atoms with van der Waals surface area (Å²) in [4.78, 5) is 0. The zero-order chi connectivity index (χ0) is 15.9. The fraction of sp³-hybridized carbons (Fsp3) is 0.188. The molecule has 2 aromatic rings. The van der Waals surface area contributed by atoms with E-state index in [9.17, 15) is 4.39 Å². The second-order valence-electron chi connectivity index (χ2n) is 4.34. The molecule has 116 valence electrons. The lowest BCUT2D eigenvalue weighted by molar-refractivity contribution is 0.311. The second-order valence-corrected chi connectivity index (χ2v) is 4.75. The number of ether oxygens (including phenoxy) is 2. The molecule has 0 radical (unpaired) electrons. The quantitative estimate of drug-likeness (QED) is 0.635. The minimum Gasteiger partial charge on any atom is -0.493 e. The van der Waals surface area contributed by atoms with Crippen LogP contribution in [0.3, 0.4) is 0 Å². The van der Waals surface area contributed by atoms with E-state index in [4.69, 9.17) is 21.1 Å². The number of hydrogen-bond acceptors (Lipinski definition) is 4. The number of hydrazone groups is 1. The highest BCUT2D eigenvalue weighted by molar-refractivity contribution is 6.32. The number of halogens is 2. The monoisotopic (exact) mass is 322 g/mol. The molecule has 0 aliphatic carbocycles. The highest BCUT2D eigenvalue weighted by Gasteiger charge is 2.10. The first-order valence-electron chi connectivity index (χ1n) is 6.69. The van der Waals surface area contributed by atoms with Crippen molar-refractivity contribution in [3.63, 3.8) is 0 Å². The molecule has 0 aliphatic heterocycles. The Bertz CT molecular complexity index is 660. The predicted octanol–water partition coefficient (Wildman–Crippen LogP) is 4.33. The Kier molecular flexibility index (Phi) is 5.61. The Morgan fingerprint density at radius 2 is 2.00 bits per heavy atom. The SMILES string of the molecule is CCOc1c(Cl)cc(/C=N\Nc2ccc(F)cc2)cc1OC. The summed E-state index contributed by atoms with van der Waals surface area (Å²) in [6, 6.07) is 9.40. The smallest absolute Gasteiger partial charge is 0.179 e. The Balaban J connectivity index is 2.13. The largest absolute Gasteiger partial charge is 0.493 e. The van der Waals surface area contributed by atoms with Crippen LogP contribution in [0.15, 0.2) is 41.5 Å². The zero-order valence-electron chi connectivity index (χ0n) is 12.3. The van der Waals surface area contributed by atoms with Crippen molar-refractivity contribution < 1.29 is 13.9 Å². The van der Waals surface area contributed by atoms with Gasteiger partial charge >= 0.3 is 0 Å². The van der Waals surface area contributed by atoms with Gasteiger partial charge in [-0.05, 0) is 48.9 Å². The molecule has 0 heterocycles. The third-order valence-electron chi connectivity index (χ3n) is 2.79. The maximum Gasteiger partial charge on any atom is 0.179 e. The molecule has 0 aliphatic rings. The second kappa shape index (κ2) is 7.66. The number of nitrogens with zero attached hydrogens (tertiary/aromatic N) is 1. The Labute approximate surface area is 133 Å². The number of rotatable bonds is 6. The maximum absolute atomic E-state index is 12.8. The van der Waals surface area contributed by atoms with E-state index < -0.39 is 0 Å². The molecular weight excluding hydrogens is 307 g/mol. The van der Waals surface area contributed by atoms with Crippen LogP contribution in [0.1, 0.15) is 12.5 Å². The van der Waals surface area contributed by atoms with Crippen LogP contribution in [0.5, 0.6) is 11.5 Å². The summed E-state index contributed by atoms with van der Waals surface area (Å²) < 4.78 is 23.5. The number of nitrogens with one attached hydrogen (secondary N) is 1. The van der Waals surface area contributed by atoms with Crippen molar-refractivity contribution in [2.24, 2.45) is 5.10 Å². The Morgan fingerprint density at radius 3 is 2.64 bits per heavy atom. The molecule has 0 unspecified atom stereocenters. The average molecular weight is 323 g/mol. The molecule has 1 N–H and O–H groups in total. The molecule has 2 rings (SSSR count). The standard InChI is InChI=1S/C16H16ClFN2O2/c1-3-22-16-14(17)8-11(9-15(16)21-2)10-19-20-13-6-4-12(18)5-7-13/h4-10,20H,3H2,1-2H3/b19-10-. The third-order valence-corrected chi connectivity index (χ3v) is 3.07. The molecule has 0 saturated carbocycles. The van der Waals surface area contributed by atoms with E-state index in [1.54, 1.807) is 37.6 Å². The van der Waals surface area contributed by atoms with Gasteiger partial charge in [0.1, 0.15) is 5.82 Å². The van der Waals surface area contributed by atoms with Crippen molar-refractivity contribution in [2.45, 2.75) is 6.92 Å². The summed E-state index contributed by atoms with van der Waals surface area (Å²) in [5, 5.41) is 4.53. The molecule has 0 bridgehead atoms. The number of benzene rings is 2. The van der Waals surface area contributed by atoms with Crippen LogP contribution in [0.4, 0.5) is 10.1 Å². The van der Waals surface area contributed by atoms with Gasteiger partial charge in [0.2, 0.25) is 0 Å². The van der Waals surface area contributed by atoms with Crippen LogP contribution in [-0.4, -0.2) is 19.9 Å². The van der Waals surface area contributed by atoms with Gasteiger partial charge < -0.3 is 9.47 Å². The van der Waals surface area contributed by atoms with Gasteiger partial charge in [0.25, 0.3) is 0 Å². The summed E-state index contributed by atoms with van der Waals surface area (Å²) in [6.45, 7) is 2.37. The van der Waals surface area contributed by atoms with E-state index >= 15 is 0 Å². The van der Waals surface area contributed by atoms with Gasteiger partial charge in [-0.2, -0.15) is 5.10 Å². The molecule has 2 aromatic carbocycles. The normalized spacial score (nSPS) is 10.7. The first-order chi connectivity index (χ1) is 10.6. The lowest BCUT2D eigenvalue weighted by Gasteiger charge is -2.11. The van der Waals surface area contributed by atoms with Crippen LogP contribution >= 0.6 is 11.6 Å². The van der Waals surface area contributed by atoms with E-state index in [0.29, 0.717) is 28.8 Å². The van der Waals surface area contributed by atoms with Crippen molar-refractivity contribution in [3.8, 4) is 11.5 Å². The summed E-state index contributed by atoms with van der Waals surface area (Å²) >= 11 is 6.18.